The van der Waals surface area contributed by atoms with Gasteiger partial charge in [0.15, 0.2) is 11.5 Å². The van der Waals surface area contributed by atoms with Gasteiger partial charge in [0.05, 0.1) is 0 Å². The summed E-state index contributed by atoms with van der Waals surface area (Å²) in [5, 5.41) is 23.4. The molecule has 128 valence electrons. The molecular formula is C19H23NO4. The maximum atomic E-state index is 10.7. The van der Waals surface area contributed by atoms with Gasteiger partial charge in [-0.25, -0.2) is 0 Å². The first-order valence-electron chi connectivity index (χ1n) is 8.12. The van der Waals surface area contributed by atoms with Gasteiger partial charge in [-0.3, -0.25) is 0 Å². The molecule has 0 aromatic heterocycles. The zero-order valence-corrected chi connectivity index (χ0v) is 13.7. The van der Waals surface area contributed by atoms with E-state index in [0.717, 1.165) is 12.0 Å². The first-order chi connectivity index (χ1) is 11.5. The van der Waals surface area contributed by atoms with Gasteiger partial charge in [0, 0.05) is 12.6 Å². The van der Waals surface area contributed by atoms with Crippen molar-refractivity contribution < 1.29 is 19.7 Å². The van der Waals surface area contributed by atoms with Crippen LogP contribution in [0.15, 0.2) is 48.5 Å². The summed E-state index contributed by atoms with van der Waals surface area (Å²) in [5.41, 5.74) is 0.0444. The highest BCUT2D eigenvalue weighted by Gasteiger charge is 2.32. The molecule has 0 spiro atoms. The minimum atomic E-state index is -1.08. The van der Waals surface area contributed by atoms with E-state index in [0.29, 0.717) is 18.0 Å². The van der Waals surface area contributed by atoms with E-state index in [1.54, 1.807) is 12.1 Å². The molecule has 1 aliphatic rings. The van der Waals surface area contributed by atoms with Crippen molar-refractivity contribution in [2.24, 2.45) is 0 Å². The number of rotatable bonds is 5. The number of hydrogen-bond acceptors (Lipinski definition) is 5. The van der Waals surface area contributed by atoms with Gasteiger partial charge in [-0.15, -0.1) is 0 Å². The van der Waals surface area contributed by atoms with Crippen LogP contribution >= 0.6 is 0 Å². The Morgan fingerprint density at radius 1 is 1.04 bits per heavy atom. The minimum Gasteiger partial charge on any atom is -0.508 e. The molecule has 2 aromatic rings. The summed E-state index contributed by atoms with van der Waals surface area (Å²) in [6, 6.07) is 14.8. The van der Waals surface area contributed by atoms with Crippen molar-refractivity contribution in [2.45, 2.75) is 25.0 Å². The van der Waals surface area contributed by atoms with Crippen LogP contribution in [0.4, 0.5) is 0 Å². The van der Waals surface area contributed by atoms with Crippen LogP contribution in [-0.2, 0) is 6.42 Å². The predicted octanol–water partition coefficient (Wildman–Crippen LogP) is 2.12. The summed E-state index contributed by atoms with van der Waals surface area (Å²) >= 11 is 0. The van der Waals surface area contributed by atoms with Crippen LogP contribution in [0.2, 0.25) is 0 Å². The van der Waals surface area contributed by atoms with Crippen LogP contribution in [0.5, 0.6) is 17.2 Å². The Balaban J connectivity index is 1.53. The number of nitrogens with one attached hydrogen (secondary N) is 1. The second-order valence-electron chi connectivity index (χ2n) is 6.40. The topological polar surface area (TPSA) is 71.0 Å². The molecule has 0 unspecified atom stereocenters. The third-order valence-electron chi connectivity index (χ3n) is 4.10. The van der Waals surface area contributed by atoms with Crippen LogP contribution in [0.3, 0.4) is 0 Å². The third-order valence-corrected chi connectivity index (χ3v) is 4.10. The highest BCUT2D eigenvalue weighted by molar-refractivity contribution is 5.40. The Labute approximate surface area is 141 Å². The fourth-order valence-corrected chi connectivity index (χ4v) is 2.68. The lowest BCUT2D eigenvalue weighted by Crippen LogP contribution is -2.51. The molecule has 0 saturated heterocycles. The molecule has 3 N–H and O–H groups in total. The van der Waals surface area contributed by atoms with Gasteiger partial charge in [0.1, 0.15) is 24.6 Å². The average molecular weight is 329 g/mol. The van der Waals surface area contributed by atoms with E-state index in [1.807, 2.05) is 36.4 Å². The second-order valence-corrected chi connectivity index (χ2v) is 6.40. The molecule has 0 bridgehead atoms. The number of para-hydroxylation sites is 2. The Morgan fingerprint density at radius 2 is 1.62 bits per heavy atom. The molecule has 3 rings (SSSR count). The van der Waals surface area contributed by atoms with Crippen LogP contribution in [-0.4, -0.2) is 41.6 Å². The lowest BCUT2D eigenvalue weighted by molar-refractivity contribution is -0.0280. The maximum absolute atomic E-state index is 10.7. The molecule has 0 fully saturated rings. The SMILES string of the molecule is C[C@H](Cc1ccc(O)cc1)NCC1(O)COc2ccccc2OC1. The van der Waals surface area contributed by atoms with Crippen LogP contribution < -0.4 is 14.8 Å². The van der Waals surface area contributed by atoms with Gasteiger partial charge in [-0.1, -0.05) is 24.3 Å². The molecule has 2 aromatic carbocycles. The van der Waals surface area contributed by atoms with E-state index in [9.17, 15) is 10.2 Å². The highest BCUT2D eigenvalue weighted by atomic mass is 16.6. The molecule has 0 saturated carbocycles. The summed E-state index contributed by atoms with van der Waals surface area (Å²) < 4.78 is 11.4. The first-order valence-corrected chi connectivity index (χ1v) is 8.12. The van der Waals surface area contributed by atoms with Crippen molar-refractivity contribution in [3.8, 4) is 17.2 Å². The summed E-state index contributed by atoms with van der Waals surface area (Å²) in [6.07, 6.45) is 0.804. The quantitative estimate of drug-likeness (QED) is 0.784. The molecule has 24 heavy (non-hydrogen) atoms. The molecule has 0 amide bonds. The van der Waals surface area contributed by atoms with Crippen molar-refractivity contribution in [3.05, 3.63) is 54.1 Å². The van der Waals surface area contributed by atoms with E-state index >= 15 is 0 Å². The number of fused-ring (bicyclic) bond motifs is 1. The number of aliphatic hydroxyl groups is 1. The normalized spacial score (nSPS) is 17.1. The van der Waals surface area contributed by atoms with Gasteiger partial charge in [0.2, 0.25) is 0 Å². The number of phenolic OH excluding ortho intramolecular Hbond substituents is 1. The number of benzene rings is 2. The lowest BCUT2D eigenvalue weighted by Gasteiger charge is -2.27. The fraction of sp³-hybridized carbons (Fsp3) is 0.368. The van der Waals surface area contributed by atoms with E-state index in [4.69, 9.17) is 9.47 Å². The van der Waals surface area contributed by atoms with Gasteiger partial charge in [-0.2, -0.15) is 0 Å². The van der Waals surface area contributed by atoms with E-state index in [2.05, 4.69) is 12.2 Å². The molecule has 0 aliphatic carbocycles. The van der Waals surface area contributed by atoms with E-state index < -0.39 is 5.60 Å². The summed E-state index contributed by atoms with van der Waals surface area (Å²) in [5.74, 6) is 1.58. The van der Waals surface area contributed by atoms with Crippen molar-refractivity contribution >= 4 is 0 Å². The zero-order valence-electron chi connectivity index (χ0n) is 13.7. The summed E-state index contributed by atoms with van der Waals surface area (Å²) in [4.78, 5) is 0. The number of phenols is 1. The monoisotopic (exact) mass is 329 g/mol. The predicted molar refractivity (Wildman–Crippen MR) is 91.7 cm³/mol. The summed E-state index contributed by atoms with van der Waals surface area (Å²) in [7, 11) is 0. The van der Waals surface area contributed by atoms with Crippen molar-refractivity contribution in [1.82, 2.24) is 5.32 Å². The maximum Gasteiger partial charge on any atom is 0.161 e. The standard InChI is InChI=1S/C19H23NO4/c1-14(10-15-6-8-16(21)9-7-15)20-11-19(22)12-23-17-4-2-3-5-18(17)24-13-19/h2-9,14,20-22H,10-13H2,1H3/t14-/m1/s1. The molecule has 1 aliphatic heterocycles. The van der Waals surface area contributed by atoms with Crippen LogP contribution in [0.1, 0.15) is 12.5 Å². The Bertz CT molecular complexity index is 644. The molecule has 5 nitrogen and oxygen atoms in total. The highest BCUT2D eigenvalue weighted by Crippen LogP contribution is 2.30. The van der Waals surface area contributed by atoms with E-state index in [-0.39, 0.29) is 25.0 Å². The molecule has 1 heterocycles. The molecule has 0 radical (unpaired) electrons. The third kappa shape index (κ3) is 4.19. The van der Waals surface area contributed by atoms with Gasteiger partial charge in [-0.05, 0) is 43.2 Å². The lowest BCUT2D eigenvalue weighted by atomic mass is 10.0. The molecule has 1 atom stereocenters. The van der Waals surface area contributed by atoms with Gasteiger partial charge < -0.3 is 25.0 Å². The zero-order chi connectivity index (χ0) is 17.0. The van der Waals surface area contributed by atoms with Crippen LogP contribution in [0.25, 0.3) is 0 Å². The van der Waals surface area contributed by atoms with E-state index in [1.165, 1.54) is 0 Å². The molecule has 5 heteroatoms. The van der Waals surface area contributed by atoms with Gasteiger partial charge >= 0.3 is 0 Å². The fourth-order valence-electron chi connectivity index (χ4n) is 2.68. The smallest absolute Gasteiger partial charge is 0.161 e. The van der Waals surface area contributed by atoms with Crippen LogP contribution in [0, 0.1) is 0 Å². The number of aromatic hydroxyl groups is 1. The number of ether oxygens (including phenoxy) is 2. The second kappa shape index (κ2) is 7.11. The first kappa shape index (κ1) is 16.6. The Hall–Kier alpha value is -2.24. The minimum absolute atomic E-state index is 0.171. The molecular weight excluding hydrogens is 306 g/mol. The van der Waals surface area contributed by atoms with Gasteiger partial charge in [0.25, 0.3) is 0 Å². The van der Waals surface area contributed by atoms with Crippen molar-refractivity contribution in [1.29, 1.82) is 0 Å². The van der Waals surface area contributed by atoms with Crippen molar-refractivity contribution in [3.63, 3.8) is 0 Å². The summed E-state index contributed by atoms with van der Waals surface area (Å²) in [6.45, 7) is 2.80. The average Bonchev–Trinajstić information content (AvgIpc) is 2.76. The Morgan fingerprint density at radius 3 is 2.21 bits per heavy atom. The Kier molecular flexibility index (Phi) is 4.92. The number of hydrogen-bond donors (Lipinski definition) is 3. The van der Waals surface area contributed by atoms with Crippen molar-refractivity contribution in [2.75, 3.05) is 19.8 Å². The largest absolute Gasteiger partial charge is 0.508 e.